The van der Waals surface area contributed by atoms with Gasteiger partial charge >= 0.3 is 5.97 Å². The molecule has 0 radical (unpaired) electrons. The molecule has 0 spiro atoms. The highest BCUT2D eigenvalue weighted by Crippen LogP contribution is 2.44. The van der Waals surface area contributed by atoms with Gasteiger partial charge in [-0.1, -0.05) is 13.8 Å². The second-order valence-electron chi connectivity index (χ2n) is 4.16. The van der Waals surface area contributed by atoms with Crippen molar-refractivity contribution < 1.29 is 9.90 Å². The molecular weight excluding hydrogens is 190 g/mol. The third-order valence-electron chi connectivity index (χ3n) is 3.23. The van der Waals surface area contributed by atoms with Gasteiger partial charge in [-0.2, -0.15) is 0 Å². The van der Waals surface area contributed by atoms with Crippen LogP contribution < -0.4 is 4.84 Å². The van der Waals surface area contributed by atoms with Gasteiger partial charge in [0.25, 0.3) is 0 Å². The molecule has 1 fully saturated rings. The predicted molar refractivity (Wildman–Crippen MR) is 51.5 cm³/mol. The Hall–Kier alpha value is -0.280. The monoisotopic (exact) mass is 205 g/mol. The van der Waals surface area contributed by atoms with Crippen molar-refractivity contribution >= 4 is 17.7 Å². The van der Waals surface area contributed by atoms with Crippen LogP contribution in [0.25, 0.3) is 0 Å². The molecule has 0 heterocycles. The van der Waals surface area contributed by atoms with Crippen LogP contribution in [0.5, 0.6) is 0 Å². The Bertz CT molecular complexity index is 208. The van der Waals surface area contributed by atoms with Crippen LogP contribution in [0, 0.1) is 11.3 Å². The van der Waals surface area contributed by atoms with Gasteiger partial charge in [-0.15, -0.1) is 0 Å². The van der Waals surface area contributed by atoms with Gasteiger partial charge in [-0.05, 0) is 37.0 Å². The molecule has 4 heteroatoms. The van der Waals surface area contributed by atoms with Crippen molar-refractivity contribution in [3.63, 3.8) is 0 Å². The minimum atomic E-state index is -0.683. The van der Waals surface area contributed by atoms with Gasteiger partial charge < -0.3 is 5.11 Å². The van der Waals surface area contributed by atoms with E-state index < -0.39 is 11.4 Å². The van der Waals surface area contributed by atoms with Crippen LogP contribution in [-0.4, -0.2) is 17.1 Å². The molecule has 0 aromatic rings. The van der Waals surface area contributed by atoms with Gasteiger partial charge in [-0.25, -0.2) is 4.84 Å². The van der Waals surface area contributed by atoms with Crippen molar-refractivity contribution in [2.75, 3.05) is 0 Å². The SMILES string of the molecule is CC(C)[C@]1(C(=O)O)CC[C@@H](NCl)C1. The van der Waals surface area contributed by atoms with E-state index in [4.69, 9.17) is 11.8 Å². The Balaban J connectivity index is 2.78. The standard InChI is InChI=1S/C9H16ClNO2/c1-6(2)9(8(12)13)4-3-7(5-9)11-10/h6-7,11H,3-5H2,1-2H3,(H,12,13)/t7-,9+/m1/s1. The maximum atomic E-state index is 11.2. The fraction of sp³-hybridized carbons (Fsp3) is 0.889. The number of carbonyl (C=O) groups is 1. The molecule has 1 aliphatic carbocycles. The lowest BCUT2D eigenvalue weighted by Crippen LogP contribution is -2.35. The molecule has 1 rings (SSSR count). The molecule has 76 valence electrons. The van der Waals surface area contributed by atoms with Gasteiger partial charge in [-0.3, -0.25) is 4.79 Å². The van der Waals surface area contributed by atoms with Crippen LogP contribution in [0.4, 0.5) is 0 Å². The first-order chi connectivity index (χ1) is 6.03. The van der Waals surface area contributed by atoms with Crippen molar-refractivity contribution in [3.05, 3.63) is 0 Å². The van der Waals surface area contributed by atoms with Crippen molar-refractivity contribution in [1.29, 1.82) is 0 Å². The van der Waals surface area contributed by atoms with Crippen molar-refractivity contribution in [2.45, 2.75) is 39.2 Å². The predicted octanol–water partition coefficient (Wildman–Crippen LogP) is 2.01. The van der Waals surface area contributed by atoms with E-state index in [1.54, 1.807) is 0 Å². The lowest BCUT2D eigenvalue weighted by atomic mass is 9.75. The first-order valence-corrected chi connectivity index (χ1v) is 5.00. The first kappa shape index (κ1) is 10.8. The third kappa shape index (κ3) is 1.81. The zero-order valence-corrected chi connectivity index (χ0v) is 8.77. The minimum absolute atomic E-state index is 0.153. The molecule has 0 aliphatic heterocycles. The first-order valence-electron chi connectivity index (χ1n) is 4.62. The van der Waals surface area contributed by atoms with Crippen LogP contribution >= 0.6 is 11.8 Å². The zero-order valence-electron chi connectivity index (χ0n) is 8.01. The molecule has 2 atom stereocenters. The summed E-state index contributed by atoms with van der Waals surface area (Å²) in [6, 6.07) is 0.153. The second kappa shape index (κ2) is 3.84. The fourth-order valence-corrected chi connectivity index (χ4v) is 2.32. The highest BCUT2D eigenvalue weighted by molar-refractivity contribution is 6.13. The Labute approximate surface area is 83.6 Å². The molecule has 0 aromatic carbocycles. The van der Waals surface area contributed by atoms with Crippen LogP contribution in [0.15, 0.2) is 0 Å². The highest BCUT2D eigenvalue weighted by Gasteiger charge is 2.47. The quantitative estimate of drug-likeness (QED) is 0.693. The van der Waals surface area contributed by atoms with Crippen molar-refractivity contribution in [2.24, 2.45) is 11.3 Å². The van der Waals surface area contributed by atoms with E-state index in [0.29, 0.717) is 6.42 Å². The van der Waals surface area contributed by atoms with E-state index in [9.17, 15) is 9.90 Å². The summed E-state index contributed by atoms with van der Waals surface area (Å²) in [7, 11) is 0. The summed E-state index contributed by atoms with van der Waals surface area (Å²) in [5.74, 6) is -0.517. The van der Waals surface area contributed by atoms with Gasteiger partial charge in [0.2, 0.25) is 0 Å². The third-order valence-corrected chi connectivity index (χ3v) is 3.54. The van der Waals surface area contributed by atoms with E-state index in [1.807, 2.05) is 13.8 Å². The molecule has 0 amide bonds. The number of halogens is 1. The summed E-state index contributed by atoms with van der Waals surface area (Å²) in [4.78, 5) is 13.8. The van der Waals surface area contributed by atoms with Crippen LogP contribution in [0.3, 0.4) is 0 Å². The smallest absolute Gasteiger partial charge is 0.309 e. The molecule has 0 saturated heterocycles. The summed E-state index contributed by atoms with van der Waals surface area (Å²) in [6.07, 6.45) is 2.22. The number of hydrogen-bond donors (Lipinski definition) is 2. The van der Waals surface area contributed by atoms with E-state index in [-0.39, 0.29) is 12.0 Å². The molecule has 3 nitrogen and oxygen atoms in total. The molecule has 1 aliphatic rings. The summed E-state index contributed by atoms with van der Waals surface area (Å²) in [5.41, 5.74) is -0.563. The van der Waals surface area contributed by atoms with Crippen LogP contribution in [-0.2, 0) is 4.79 Å². The van der Waals surface area contributed by atoms with E-state index in [2.05, 4.69) is 4.84 Å². The number of carboxylic acid groups (broad SMARTS) is 1. The van der Waals surface area contributed by atoms with Gasteiger partial charge in [0, 0.05) is 6.04 Å². The van der Waals surface area contributed by atoms with E-state index in [0.717, 1.165) is 12.8 Å². The summed E-state index contributed by atoms with van der Waals surface area (Å²) in [6.45, 7) is 3.93. The van der Waals surface area contributed by atoms with Crippen LogP contribution in [0.1, 0.15) is 33.1 Å². The van der Waals surface area contributed by atoms with Crippen LogP contribution in [0.2, 0.25) is 0 Å². The van der Waals surface area contributed by atoms with Gasteiger partial charge in [0.1, 0.15) is 0 Å². The molecular formula is C9H16ClNO2. The Kier molecular flexibility index (Phi) is 3.19. The number of rotatable bonds is 3. The lowest BCUT2D eigenvalue weighted by molar-refractivity contribution is -0.151. The maximum Gasteiger partial charge on any atom is 0.309 e. The molecule has 0 aromatic heterocycles. The average molecular weight is 206 g/mol. The average Bonchev–Trinajstić information content (AvgIpc) is 2.48. The Morgan fingerprint density at radius 1 is 1.69 bits per heavy atom. The molecule has 13 heavy (non-hydrogen) atoms. The summed E-state index contributed by atoms with van der Waals surface area (Å²) < 4.78 is 0. The van der Waals surface area contributed by atoms with E-state index in [1.165, 1.54) is 0 Å². The summed E-state index contributed by atoms with van der Waals surface area (Å²) in [5, 5.41) is 9.18. The Morgan fingerprint density at radius 2 is 2.31 bits per heavy atom. The van der Waals surface area contributed by atoms with E-state index >= 15 is 0 Å². The molecule has 0 bridgehead atoms. The minimum Gasteiger partial charge on any atom is -0.481 e. The second-order valence-corrected chi connectivity index (χ2v) is 4.38. The maximum absolute atomic E-state index is 11.2. The molecule has 0 unspecified atom stereocenters. The topological polar surface area (TPSA) is 49.3 Å². The van der Waals surface area contributed by atoms with Gasteiger partial charge in [0.15, 0.2) is 0 Å². The Morgan fingerprint density at radius 3 is 2.54 bits per heavy atom. The number of hydrogen-bond acceptors (Lipinski definition) is 2. The number of carboxylic acids is 1. The molecule has 2 N–H and O–H groups in total. The van der Waals surface area contributed by atoms with Crippen molar-refractivity contribution in [3.8, 4) is 0 Å². The zero-order chi connectivity index (χ0) is 10.1. The largest absolute Gasteiger partial charge is 0.481 e. The fourth-order valence-electron chi connectivity index (χ4n) is 2.13. The number of nitrogens with one attached hydrogen (secondary N) is 1. The normalized spacial score (nSPS) is 34.0. The number of aliphatic carboxylic acids is 1. The van der Waals surface area contributed by atoms with Crippen molar-refractivity contribution in [1.82, 2.24) is 4.84 Å². The lowest BCUT2D eigenvalue weighted by Gasteiger charge is -2.28. The summed E-state index contributed by atoms with van der Waals surface area (Å²) >= 11 is 5.50. The molecule has 1 saturated carbocycles. The highest BCUT2D eigenvalue weighted by atomic mass is 35.5. The van der Waals surface area contributed by atoms with Gasteiger partial charge in [0.05, 0.1) is 5.41 Å².